The van der Waals surface area contributed by atoms with Crippen LogP contribution in [0.4, 0.5) is 0 Å². The first-order valence-electron chi connectivity index (χ1n) is 10.2. The number of likely N-dealkylation sites (N-methyl/N-ethyl adjacent to an activating group) is 1. The average molecular weight is 424 g/mol. The molecule has 0 N–H and O–H groups in total. The van der Waals surface area contributed by atoms with E-state index in [2.05, 4.69) is 32.1 Å². The standard InChI is InChI=1S/C21H25N7OS/c1-14-9-17(30-25-14)10-19-23-18-6-8-28(15-11-22-27(3)12-15)20(18)21(24-19)29-16-5-4-7-26(2)13-16/h6,8-9,11-12,16H,4-5,7,10,13H2,1-3H3. The summed E-state index contributed by atoms with van der Waals surface area (Å²) in [5, 5.41) is 4.31. The Morgan fingerprint density at radius 2 is 2.17 bits per heavy atom. The Balaban J connectivity index is 1.57. The van der Waals surface area contributed by atoms with Crippen LogP contribution in [0.15, 0.2) is 30.7 Å². The summed E-state index contributed by atoms with van der Waals surface area (Å²) in [7, 11) is 4.05. The maximum atomic E-state index is 6.50. The van der Waals surface area contributed by atoms with E-state index in [4.69, 9.17) is 14.7 Å². The Labute approximate surface area is 179 Å². The number of piperidine rings is 1. The van der Waals surface area contributed by atoms with Crippen LogP contribution < -0.4 is 4.74 Å². The molecular formula is C21H25N7OS. The summed E-state index contributed by atoms with van der Waals surface area (Å²) < 4.78 is 14.7. The lowest BCUT2D eigenvalue weighted by atomic mass is 10.1. The molecule has 4 aromatic heterocycles. The topological polar surface area (TPSA) is 73.9 Å². The number of aromatic nitrogens is 6. The zero-order valence-corrected chi connectivity index (χ0v) is 18.3. The summed E-state index contributed by atoms with van der Waals surface area (Å²) in [6.07, 6.45) is 8.77. The maximum Gasteiger partial charge on any atom is 0.242 e. The van der Waals surface area contributed by atoms with E-state index < -0.39 is 0 Å². The predicted octanol–water partition coefficient (Wildman–Crippen LogP) is 2.98. The first-order valence-corrected chi connectivity index (χ1v) is 11.0. The van der Waals surface area contributed by atoms with Crippen LogP contribution in [-0.2, 0) is 13.5 Å². The third kappa shape index (κ3) is 3.82. The second kappa shape index (κ2) is 7.81. The fourth-order valence-corrected chi connectivity index (χ4v) is 4.73. The molecule has 1 aliphatic rings. The molecule has 0 spiro atoms. The van der Waals surface area contributed by atoms with Crippen molar-refractivity contribution in [3.63, 3.8) is 0 Å². The molecule has 1 saturated heterocycles. The summed E-state index contributed by atoms with van der Waals surface area (Å²) in [4.78, 5) is 13.2. The molecule has 0 aromatic carbocycles. The first kappa shape index (κ1) is 19.2. The van der Waals surface area contributed by atoms with Crippen molar-refractivity contribution in [1.82, 2.24) is 33.6 Å². The van der Waals surface area contributed by atoms with E-state index in [9.17, 15) is 0 Å². The minimum absolute atomic E-state index is 0.123. The van der Waals surface area contributed by atoms with E-state index in [0.29, 0.717) is 12.3 Å². The zero-order chi connectivity index (χ0) is 20.7. The van der Waals surface area contributed by atoms with E-state index in [1.807, 2.05) is 38.6 Å². The van der Waals surface area contributed by atoms with Crippen molar-refractivity contribution in [2.24, 2.45) is 7.05 Å². The van der Waals surface area contributed by atoms with Crippen molar-refractivity contribution in [3.8, 4) is 11.6 Å². The van der Waals surface area contributed by atoms with Gasteiger partial charge in [0.25, 0.3) is 0 Å². The molecule has 9 heteroatoms. The van der Waals surface area contributed by atoms with Crippen LogP contribution >= 0.6 is 11.5 Å². The van der Waals surface area contributed by atoms with Gasteiger partial charge in [-0.15, -0.1) is 0 Å². The number of hydrogen-bond acceptors (Lipinski definition) is 7. The van der Waals surface area contributed by atoms with Gasteiger partial charge in [-0.25, -0.2) is 4.98 Å². The van der Waals surface area contributed by atoms with E-state index in [0.717, 1.165) is 59.0 Å². The van der Waals surface area contributed by atoms with Crippen molar-refractivity contribution in [2.45, 2.75) is 32.3 Å². The number of fused-ring (bicyclic) bond motifs is 1. The molecule has 1 unspecified atom stereocenters. The zero-order valence-electron chi connectivity index (χ0n) is 17.4. The molecule has 0 saturated carbocycles. The number of nitrogens with zero attached hydrogens (tertiary/aromatic N) is 7. The van der Waals surface area contributed by atoms with Crippen LogP contribution in [0.2, 0.25) is 0 Å². The van der Waals surface area contributed by atoms with E-state index >= 15 is 0 Å². The molecule has 30 heavy (non-hydrogen) atoms. The number of rotatable bonds is 5. The summed E-state index contributed by atoms with van der Waals surface area (Å²) in [5.41, 5.74) is 3.76. The fraction of sp³-hybridized carbons (Fsp3) is 0.429. The van der Waals surface area contributed by atoms with E-state index in [1.54, 1.807) is 4.68 Å². The highest BCUT2D eigenvalue weighted by molar-refractivity contribution is 7.05. The molecule has 0 bridgehead atoms. The van der Waals surface area contributed by atoms with Crippen LogP contribution in [0.3, 0.4) is 0 Å². The van der Waals surface area contributed by atoms with Crippen LogP contribution in [0, 0.1) is 6.92 Å². The molecule has 0 aliphatic carbocycles. The van der Waals surface area contributed by atoms with Crippen LogP contribution in [-0.4, -0.2) is 59.8 Å². The normalized spacial score (nSPS) is 17.6. The average Bonchev–Trinajstić information content (AvgIpc) is 3.42. The summed E-state index contributed by atoms with van der Waals surface area (Å²) in [6.45, 7) is 4.02. The predicted molar refractivity (Wildman–Crippen MR) is 116 cm³/mol. The molecule has 5 heterocycles. The Morgan fingerprint density at radius 1 is 1.27 bits per heavy atom. The highest BCUT2D eigenvalue weighted by atomic mass is 32.1. The molecule has 4 aromatic rings. The highest BCUT2D eigenvalue weighted by Crippen LogP contribution is 2.29. The van der Waals surface area contributed by atoms with Gasteiger partial charge in [-0.2, -0.15) is 14.5 Å². The van der Waals surface area contributed by atoms with Gasteiger partial charge in [0.2, 0.25) is 5.88 Å². The highest BCUT2D eigenvalue weighted by Gasteiger charge is 2.23. The van der Waals surface area contributed by atoms with Gasteiger partial charge in [0.15, 0.2) is 0 Å². The van der Waals surface area contributed by atoms with Gasteiger partial charge in [0.05, 0.1) is 23.1 Å². The van der Waals surface area contributed by atoms with Gasteiger partial charge in [-0.05, 0) is 57.0 Å². The Hall–Kier alpha value is -2.78. The van der Waals surface area contributed by atoms with Gasteiger partial charge in [0, 0.05) is 37.3 Å². The van der Waals surface area contributed by atoms with Crippen LogP contribution in [0.5, 0.6) is 5.88 Å². The summed E-state index contributed by atoms with van der Waals surface area (Å²) in [6, 6.07) is 4.11. The van der Waals surface area contributed by atoms with Crippen molar-refractivity contribution in [2.75, 3.05) is 20.1 Å². The molecule has 5 rings (SSSR count). The Morgan fingerprint density at radius 3 is 2.90 bits per heavy atom. The monoisotopic (exact) mass is 423 g/mol. The van der Waals surface area contributed by atoms with Gasteiger partial charge < -0.3 is 14.2 Å². The van der Waals surface area contributed by atoms with Crippen molar-refractivity contribution < 1.29 is 4.74 Å². The smallest absolute Gasteiger partial charge is 0.242 e. The lowest BCUT2D eigenvalue weighted by Gasteiger charge is -2.29. The van der Waals surface area contributed by atoms with Crippen molar-refractivity contribution >= 4 is 22.6 Å². The molecule has 156 valence electrons. The third-order valence-corrected chi connectivity index (χ3v) is 6.26. The van der Waals surface area contributed by atoms with E-state index in [1.165, 1.54) is 11.5 Å². The summed E-state index contributed by atoms with van der Waals surface area (Å²) in [5.74, 6) is 1.40. The van der Waals surface area contributed by atoms with Gasteiger partial charge in [-0.1, -0.05) is 0 Å². The van der Waals surface area contributed by atoms with Gasteiger partial charge in [0.1, 0.15) is 17.4 Å². The van der Waals surface area contributed by atoms with Crippen molar-refractivity contribution in [3.05, 3.63) is 47.1 Å². The van der Waals surface area contributed by atoms with E-state index in [-0.39, 0.29) is 6.10 Å². The molecule has 8 nitrogen and oxygen atoms in total. The lowest BCUT2D eigenvalue weighted by molar-refractivity contribution is 0.101. The molecule has 1 aliphatic heterocycles. The molecular weight excluding hydrogens is 398 g/mol. The fourth-order valence-electron chi connectivity index (χ4n) is 4.00. The second-order valence-corrected chi connectivity index (χ2v) is 8.88. The SMILES string of the molecule is Cc1cc(Cc2nc(OC3CCCN(C)C3)c3c(ccn3-c3cnn(C)c3)n2)sn1. The maximum absolute atomic E-state index is 6.50. The molecule has 0 radical (unpaired) electrons. The first-order chi connectivity index (χ1) is 14.5. The second-order valence-electron chi connectivity index (χ2n) is 7.99. The quantitative estimate of drug-likeness (QED) is 0.491. The minimum atomic E-state index is 0.123. The van der Waals surface area contributed by atoms with Gasteiger partial charge in [-0.3, -0.25) is 4.68 Å². The lowest BCUT2D eigenvalue weighted by Crippen LogP contribution is -2.38. The van der Waals surface area contributed by atoms with Crippen LogP contribution in [0.25, 0.3) is 16.7 Å². The number of hydrogen-bond donors (Lipinski definition) is 0. The Kier molecular flexibility index (Phi) is 5.00. The molecule has 1 atom stereocenters. The Bertz CT molecular complexity index is 1180. The van der Waals surface area contributed by atoms with Crippen molar-refractivity contribution in [1.29, 1.82) is 0 Å². The molecule has 1 fully saturated rings. The van der Waals surface area contributed by atoms with Gasteiger partial charge >= 0.3 is 0 Å². The number of ether oxygens (including phenoxy) is 1. The summed E-state index contributed by atoms with van der Waals surface area (Å²) >= 11 is 1.50. The number of likely N-dealkylation sites (tertiary alicyclic amines) is 1. The minimum Gasteiger partial charge on any atom is -0.471 e. The number of aryl methyl sites for hydroxylation is 2. The third-order valence-electron chi connectivity index (χ3n) is 5.39. The van der Waals surface area contributed by atoms with Crippen LogP contribution in [0.1, 0.15) is 29.2 Å². The largest absolute Gasteiger partial charge is 0.471 e. The molecule has 0 amide bonds.